The molecule has 1 atom stereocenters. The second kappa shape index (κ2) is 9.84. The summed E-state index contributed by atoms with van der Waals surface area (Å²) < 4.78 is 2.30. The molecule has 0 spiro atoms. The van der Waals surface area contributed by atoms with Gasteiger partial charge in [-0.05, 0) is 40.3 Å². The van der Waals surface area contributed by atoms with E-state index in [0.29, 0.717) is 13.0 Å². The highest BCUT2D eigenvalue weighted by atomic mass is 32.1. The van der Waals surface area contributed by atoms with Crippen molar-refractivity contribution in [2.75, 3.05) is 0 Å². The Kier molecular flexibility index (Phi) is 6.31. The van der Waals surface area contributed by atoms with Crippen LogP contribution in [0.25, 0.3) is 10.9 Å². The molecule has 0 aliphatic carbocycles. The molecule has 1 unspecified atom stereocenters. The number of nitrogens with zero attached hydrogens (tertiary/aromatic N) is 2. The average molecular weight is 452 g/mol. The molecule has 33 heavy (non-hydrogen) atoms. The van der Waals surface area contributed by atoms with Crippen molar-refractivity contribution in [2.24, 2.45) is 0 Å². The third kappa shape index (κ3) is 4.89. The molecule has 0 bridgehead atoms. The maximum absolute atomic E-state index is 13.0. The molecular weight excluding hydrogens is 426 g/mol. The van der Waals surface area contributed by atoms with Gasteiger partial charge < -0.3 is 9.88 Å². The summed E-state index contributed by atoms with van der Waals surface area (Å²) in [7, 11) is 0. The van der Waals surface area contributed by atoms with Crippen molar-refractivity contribution in [1.29, 1.82) is 0 Å². The largest absolute Gasteiger partial charge is 0.352 e. The number of hydrogen-bond donors (Lipinski definition) is 1. The first-order valence-electron chi connectivity index (χ1n) is 11.1. The van der Waals surface area contributed by atoms with Crippen LogP contribution in [0.4, 0.5) is 0 Å². The molecule has 0 saturated carbocycles. The van der Waals surface area contributed by atoms with Crippen LogP contribution in [0.15, 0.2) is 103 Å². The monoisotopic (exact) mass is 451 g/mol. The molecular formula is C28H25N3OS. The van der Waals surface area contributed by atoms with Gasteiger partial charge in [0.05, 0.1) is 0 Å². The van der Waals surface area contributed by atoms with Gasteiger partial charge in [0.15, 0.2) is 0 Å². The molecule has 5 aromatic rings. The fourth-order valence-corrected chi connectivity index (χ4v) is 5.12. The van der Waals surface area contributed by atoms with Crippen molar-refractivity contribution in [3.05, 3.63) is 124 Å². The standard InChI is InChI=1S/C28H25N3OS/c32-28(30-18-22-10-6-14-29-17-22)16-24(27-13-7-15-33-27)25-20-31(19-21-8-2-1-3-9-21)26-12-5-4-11-23(25)26/h1-15,17,20,24H,16,18-19H2,(H,30,32). The lowest BCUT2D eigenvalue weighted by molar-refractivity contribution is -0.121. The highest BCUT2D eigenvalue weighted by Crippen LogP contribution is 2.37. The number of para-hydroxylation sites is 1. The van der Waals surface area contributed by atoms with E-state index < -0.39 is 0 Å². The number of hydrogen-bond acceptors (Lipinski definition) is 3. The third-order valence-electron chi connectivity index (χ3n) is 5.88. The molecule has 0 radical (unpaired) electrons. The van der Waals surface area contributed by atoms with E-state index in [0.717, 1.165) is 12.1 Å². The molecule has 5 rings (SSSR count). The van der Waals surface area contributed by atoms with Crippen LogP contribution in [-0.4, -0.2) is 15.5 Å². The molecule has 3 heterocycles. The van der Waals surface area contributed by atoms with E-state index in [2.05, 4.69) is 87.1 Å². The zero-order valence-corrected chi connectivity index (χ0v) is 19.0. The minimum Gasteiger partial charge on any atom is -0.352 e. The molecule has 0 fully saturated rings. The normalized spacial score (nSPS) is 12.0. The third-order valence-corrected chi connectivity index (χ3v) is 6.87. The number of benzene rings is 2. The summed E-state index contributed by atoms with van der Waals surface area (Å²) in [6.07, 6.45) is 6.16. The van der Waals surface area contributed by atoms with Crippen molar-refractivity contribution in [1.82, 2.24) is 14.9 Å². The van der Waals surface area contributed by atoms with Crippen LogP contribution in [0.3, 0.4) is 0 Å². The quantitative estimate of drug-likeness (QED) is 0.315. The molecule has 1 N–H and O–H groups in total. The van der Waals surface area contributed by atoms with E-state index in [-0.39, 0.29) is 11.8 Å². The SMILES string of the molecule is O=C(CC(c1cccs1)c1cn(Cc2ccccc2)c2ccccc12)NCc1cccnc1. The fourth-order valence-electron chi connectivity index (χ4n) is 4.28. The van der Waals surface area contributed by atoms with Gasteiger partial charge in [0.25, 0.3) is 0 Å². The lowest BCUT2D eigenvalue weighted by atomic mass is 9.93. The predicted octanol–water partition coefficient (Wildman–Crippen LogP) is 5.98. The van der Waals surface area contributed by atoms with Crippen LogP contribution >= 0.6 is 11.3 Å². The van der Waals surface area contributed by atoms with Gasteiger partial charge in [0.2, 0.25) is 5.91 Å². The number of pyridine rings is 1. The first-order chi connectivity index (χ1) is 16.3. The number of carbonyl (C=O) groups excluding carboxylic acids is 1. The minimum absolute atomic E-state index is 0.000761. The highest BCUT2D eigenvalue weighted by molar-refractivity contribution is 7.10. The van der Waals surface area contributed by atoms with Gasteiger partial charge in [-0.25, -0.2) is 0 Å². The summed E-state index contributed by atoms with van der Waals surface area (Å²) in [5.74, 6) is 0.0398. The Hall–Kier alpha value is -3.70. The number of thiophene rings is 1. The molecule has 1 amide bonds. The Labute approximate surface area is 197 Å². The van der Waals surface area contributed by atoms with Crippen LogP contribution in [0.2, 0.25) is 0 Å². The molecule has 2 aromatic carbocycles. The molecule has 3 aromatic heterocycles. The van der Waals surface area contributed by atoms with Crippen molar-refractivity contribution < 1.29 is 4.79 Å². The first kappa shape index (κ1) is 21.2. The van der Waals surface area contributed by atoms with E-state index in [1.165, 1.54) is 26.9 Å². The van der Waals surface area contributed by atoms with Crippen molar-refractivity contribution >= 4 is 28.1 Å². The second-order valence-electron chi connectivity index (χ2n) is 8.13. The molecule has 0 aliphatic rings. The lowest BCUT2D eigenvalue weighted by Gasteiger charge is -2.15. The summed E-state index contributed by atoms with van der Waals surface area (Å²) in [5, 5.41) is 6.36. The zero-order valence-electron chi connectivity index (χ0n) is 18.2. The molecule has 0 saturated heterocycles. The second-order valence-corrected chi connectivity index (χ2v) is 9.10. The van der Waals surface area contributed by atoms with Crippen molar-refractivity contribution in [3.8, 4) is 0 Å². The molecule has 164 valence electrons. The number of amides is 1. The lowest BCUT2D eigenvalue weighted by Crippen LogP contribution is -2.24. The Morgan fingerprint density at radius 3 is 2.55 bits per heavy atom. The predicted molar refractivity (Wildman–Crippen MR) is 134 cm³/mol. The van der Waals surface area contributed by atoms with Crippen LogP contribution in [0, 0.1) is 0 Å². The van der Waals surface area contributed by atoms with Gasteiger partial charge in [0.1, 0.15) is 0 Å². The number of fused-ring (bicyclic) bond motifs is 1. The number of nitrogens with one attached hydrogen (secondary N) is 1. The summed E-state index contributed by atoms with van der Waals surface area (Å²) in [4.78, 5) is 18.3. The Bertz CT molecular complexity index is 1330. The average Bonchev–Trinajstić information content (AvgIpc) is 3.52. The van der Waals surface area contributed by atoms with E-state index >= 15 is 0 Å². The van der Waals surface area contributed by atoms with Gasteiger partial charge in [-0.2, -0.15) is 0 Å². The first-order valence-corrected chi connectivity index (χ1v) is 12.0. The molecule has 0 aliphatic heterocycles. The number of carbonyl (C=O) groups is 1. The smallest absolute Gasteiger partial charge is 0.221 e. The number of aromatic nitrogens is 2. The summed E-state index contributed by atoms with van der Waals surface area (Å²) in [5.41, 5.74) is 4.64. The maximum Gasteiger partial charge on any atom is 0.221 e. The Morgan fingerprint density at radius 2 is 1.76 bits per heavy atom. The Balaban J connectivity index is 1.45. The van der Waals surface area contributed by atoms with Crippen LogP contribution < -0.4 is 5.32 Å². The van der Waals surface area contributed by atoms with E-state index in [1.807, 2.05) is 18.2 Å². The van der Waals surface area contributed by atoms with E-state index in [9.17, 15) is 4.79 Å². The summed E-state index contributed by atoms with van der Waals surface area (Å²) in [6.45, 7) is 1.28. The van der Waals surface area contributed by atoms with Gasteiger partial charge in [0, 0.05) is 59.8 Å². The zero-order chi connectivity index (χ0) is 22.5. The van der Waals surface area contributed by atoms with Gasteiger partial charge in [-0.1, -0.05) is 60.7 Å². The van der Waals surface area contributed by atoms with Crippen LogP contribution in [-0.2, 0) is 17.9 Å². The number of rotatable bonds is 8. The van der Waals surface area contributed by atoms with Gasteiger partial charge in [-0.15, -0.1) is 11.3 Å². The van der Waals surface area contributed by atoms with Crippen LogP contribution in [0.1, 0.15) is 33.9 Å². The fraction of sp³-hybridized carbons (Fsp3) is 0.143. The Morgan fingerprint density at radius 1 is 0.939 bits per heavy atom. The van der Waals surface area contributed by atoms with Gasteiger partial charge in [-0.3, -0.25) is 9.78 Å². The highest BCUT2D eigenvalue weighted by Gasteiger charge is 2.23. The van der Waals surface area contributed by atoms with Crippen molar-refractivity contribution in [3.63, 3.8) is 0 Å². The van der Waals surface area contributed by atoms with E-state index in [1.54, 1.807) is 23.7 Å². The van der Waals surface area contributed by atoms with Crippen molar-refractivity contribution in [2.45, 2.75) is 25.4 Å². The maximum atomic E-state index is 13.0. The minimum atomic E-state index is 0.000761. The van der Waals surface area contributed by atoms with E-state index in [4.69, 9.17) is 0 Å². The topological polar surface area (TPSA) is 46.9 Å². The van der Waals surface area contributed by atoms with Crippen LogP contribution in [0.5, 0.6) is 0 Å². The summed E-state index contributed by atoms with van der Waals surface area (Å²) >= 11 is 1.70. The summed E-state index contributed by atoms with van der Waals surface area (Å²) in [6, 6.07) is 27.0. The molecule has 4 nitrogen and oxygen atoms in total. The van der Waals surface area contributed by atoms with Gasteiger partial charge >= 0.3 is 0 Å². The molecule has 5 heteroatoms.